The van der Waals surface area contributed by atoms with Crippen molar-refractivity contribution in [2.75, 3.05) is 29.5 Å². The minimum Gasteiger partial charge on any atom is -0.376 e. The Hall–Kier alpha value is -2.17. The van der Waals surface area contributed by atoms with Crippen LogP contribution in [0.25, 0.3) is 0 Å². The molecule has 0 bridgehead atoms. The van der Waals surface area contributed by atoms with Crippen LogP contribution in [0, 0.1) is 0 Å². The number of benzene rings is 1. The van der Waals surface area contributed by atoms with Crippen LogP contribution in [0.2, 0.25) is 0 Å². The quantitative estimate of drug-likeness (QED) is 0.522. The first kappa shape index (κ1) is 20.1. The van der Waals surface area contributed by atoms with E-state index in [1.807, 2.05) is 0 Å². The molecule has 154 valence electrons. The molecule has 1 saturated carbocycles. The molecule has 2 heterocycles. The van der Waals surface area contributed by atoms with Crippen molar-refractivity contribution in [2.45, 2.75) is 42.2 Å². The molecule has 10 heteroatoms. The summed E-state index contributed by atoms with van der Waals surface area (Å²) >= 11 is 2.74. The number of amides is 2. The fourth-order valence-corrected chi connectivity index (χ4v) is 4.50. The van der Waals surface area contributed by atoms with E-state index in [0.29, 0.717) is 11.3 Å². The zero-order valence-corrected chi connectivity index (χ0v) is 17.5. The highest BCUT2D eigenvalue weighted by molar-refractivity contribution is 8.01. The molecule has 1 atom stereocenters. The van der Waals surface area contributed by atoms with E-state index in [-0.39, 0.29) is 29.7 Å². The Balaban J connectivity index is 1.25. The van der Waals surface area contributed by atoms with Crippen LogP contribution in [0.3, 0.4) is 0 Å². The molecule has 2 aromatic rings. The number of hydrogen-bond acceptors (Lipinski definition) is 8. The third-order valence-corrected chi connectivity index (χ3v) is 6.61. The number of rotatable bonds is 9. The lowest BCUT2D eigenvalue weighted by molar-refractivity contribution is -0.113. The Morgan fingerprint density at radius 3 is 2.86 bits per heavy atom. The number of anilines is 2. The average Bonchev–Trinajstić information content (AvgIpc) is 3.19. The monoisotopic (exact) mass is 433 g/mol. The molecule has 3 N–H and O–H groups in total. The molecule has 29 heavy (non-hydrogen) atoms. The van der Waals surface area contributed by atoms with E-state index in [1.54, 1.807) is 24.3 Å². The predicted molar refractivity (Wildman–Crippen MR) is 114 cm³/mol. The molecule has 2 aliphatic rings. The maximum atomic E-state index is 12.4. The van der Waals surface area contributed by atoms with Crippen molar-refractivity contribution in [1.82, 2.24) is 15.5 Å². The fourth-order valence-electron chi connectivity index (χ4n) is 2.94. The molecular weight excluding hydrogens is 410 g/mol. The van der Waals surface area contributed by atoms with Crippen LogP contribution < -0.4 is 16.0 Å². The lowest BCUT2D eigenvalue weighted by atomic mass is 10.1. The number of para-hydroxylation sites is 1. The first-order valence-electron chi connectivity index (χ1n) is 9.69. The lowest BCUT2D eigenvalue weighted by Gasteiger charge is -2.10. The van der Waals surface area contributed by atoms with Crippen LogP contribution in [-0.2, 0) is 9.53 Å². The van der Waals surface area contributed by atoms with Crippen LogP contribution in [0.5, 0.6) is 0 Å². The van der Waals surface area contributed by atoms with Gasteiger partial charge in [-0.1, -0.05) is 35.2 Å². The van der Waals surface area contributed by atoms with Gasteiger partial charge in [0.15, 0.2) is 4.34 Å². The largest absolute Gasteiger partial charge is 0.376 e. The van der Waals surface area contributed by atoms with E-state index in [9.17, 15) is 9.59 Å². The molecule has 1 aliphatic heterocycles. The minimum absolute atomic E-state index is 0.151. The molecule has 1 aromatic heterocycles. The van der Waals surface area contributed by atoms with Crippen molar-refractivity contribution in [3.05, 3.63) is 29.8 Å². The molecule has 1 aromatic carbocycles. The molecular formula is C19H23N5O3S2. The number of aromatic nitrogens is 2. The lowest BCUT2D eigenvalue weighted by Crippen LogP contribution is -2.27. The van der Waals surface area contributed by atoms with Gasteiger partial charge in [0.05, 0.1) is 23.1 Å². The number of thioether (sulfide) groups is 1. The number of nitrogens with zero attached hydrogens (tertiary/aromatic N) is 2. The number of ether oxygens (including phenoxy) is 1. The van der Waals surface area contributed by atoms with Gasteiger partial charge in [0.2, 0.25) is 11.0 Å². The van der Waals surface area contributed by atoms with Crippen molar-refractivity contribution >= 4 is 45.7 Å². The standard InChI is InChI=1S/C19H23N5O3S2/c25-16(22-15-6-2-1-5-14(15)17(26)21-12-7-8-12)11-28-19-24-23-18(29-19)20-10-13-4-3-9-27-13/h1-2,5-6,12-13H,3-4,7-11H2,(H,20,23)(H,21,26)(H,22,25)/t13-/m0/s1. The van der Waals surface area contributed by atoms with E-state index >= 15 is 0 Å². The number of hydrogen-bond donors (Lipinski definition) is 3. The summed E-state index contributed by atoms with van der Waals surface area (Å²) in [5, 5.41) is 18.0. The Kier molecular flexibility index (Phi) is 6.63. The van der Waals surface area contributed by atoms with E-state index < -0.39 is 0 Å². The van der Waals surface area contributed by atoms with Crippen molar-refractivity contribution in [3.8, 4) is 0 Å². The fraction of sp³-hybridized carbons (Fsp3) is 0.474. The Bertz CT molecular complexity index is 865. The van der Waals surface area contributed by atoms with Gasteiger partial charge in [0.1, 0.15) is 0 Å². The highest BCUT2D eigenvalue weighted by Gasteiger charge is 2.25. The van der Waals surface area contributed by atoms with Crippen molar-refractivity contribution in [1.29, 1.82) is 0 Å². The summed E-state index contributed by atoms with van der Waals surface area (Å²) in [4.78, 5) is 24.7. The van der Waals surface area contributed by atoms with Crippen LogP contribution >= 0.6 is 23.1 Å². The van der Waals surface area contributed by atoms with Crippen molar-refractivity contribution in [2.24, 2.45) is 0 Å². The summed E-state index contributed by atoms with van der Waals surface area (Å²) in [6, 6.07) is 7.31. The molecule has 1 saturated heterocycles. The third kappa shape index (κ3) is 5.91. The van der Waals surface area contributed by atoms with Crippen LogP contribution in [0.4, 0.5) is 10.8 Å². The van der Waals surface area contributed by atoms with Gasteiger partial charge >= 0.3 is 0 Å². The Labute approximate surface area is 177 Å². The Morgan fingerprint density at radius 2 is 2.07 bits per heavy atom. The SMILES string of the molecule is O=C(CSc1nnc(NC[C@@H]2CCCO2)s1)Nc1ccccc1C(=O)NC1CC1. The van der Waals surface area contributed by atoms with E-state index in [0.717, 1.165) is 48.3 Å². The molecule has 0 unspecified atom stereocenters. The highest BCUT2D eigenvalue weighted by atomic mass is 32.2. The third-order valence-electron chi connectivity index (χ3n) is 4.60. The topological polar surface area (TPSA) is 105 Å². The first-order valence-corrected chi connectivity index (χ1v) is 11.5. The molecule has 8 nitrogen and oxygen atoms in total. The maximum Gasteiger partial charge on any atom is 0.253 e. The van der Waals surface area contributed by atoms with Crippen LogP contribution in [-0.4, -0.2) is 53.1 Å². The van der Waals surface area contributed by atoms with Gasteiger partial charge in [0, 0.05) is 19.2 Å². The van der Waals surface area contributed by atoms with Crippen molar-refractivity contribution < 1.29 is 14.3 Å². The second kappa shape index (κ2) is 9.55. The molecule has 1 aliphatic carbocycles. The maximum absolute atomic E-state index is 12.4. The van der Waals surface area contributed by atoms with Crippen LogP contribution in [0.1, 0.15) is 36.0 Å². The zero-order chi connectivity index (χ0) is 20.1. The number of carbonyl (C=O) groups is 2. The summed E-state index contributed by atoms with van der Waals surface area (Å²) in [5.74, 6) is -0.147. The zero-order valence-electron chi connectivity index (χ0n) is 15.8. The van der Waals surface area contributed by atoms with Gasteiger partial charge in [-0.3, -0.25) is 9.59 Å². The first-order chi connectivity index (χ1) is 14.2. The Morgan fingerprint density at radius 1 is 1.21 bits per heavy atom. The second-order valence-electron chi connectivity index (χ2n) is 7.02. The normalized spacial score (nSPS) is 18.4. The predicted octanol–water partition coefficient (Wildman–Crippen LogP) is 2.75. The van der Waals surface area contributed by atoms with Gasteiger partial charge < -0.3 is 20.7 Å². The molecule has 2 amide bonds. The number of carbonyl (C=O) groups excluding carboxylic acids is 2. The smallest absolute Gasteiger partial charge is 0.253 e. The summed E-state index contributed by atoms with van der Waals surface area (Å²) in [5.41, 5.74) is 1.00. The van der Waals surface area contributed by atoms with Gasteiger partial charge in [-0.05, 0) is 37.8 Å². The average molecular weight is 434 g/mol. The van der Waals surface area contributed by atoms with Crippen LogP contribution in [0.15, 0.2) is 28.6 Å². The van der Waals surface area contributed by atoms with E-state index in [1.165, 1.54) is 23.1 Å². The minimum atomic E-state index is -0.189. The summed E-state index contributed by atoms with van der Waals surface area (Å²) in [6.07, 6.45) is 4.43. The molecule has 2 fully saturated rings. The van der Waals surface area contributed by atoms with Gasteiger partial charge in [-0.2, -0.15) is 0 Å². The molecule has 4 rings (SSSR count). The number of nitrogens with one attached hydrogen (secondary N) is 3. The molecule has 0 spiro atoms. The van der Waals surface area contributed by atoms with Gasteiger partial charge in [0.25, 0.3) is 5.91 Å². The van der Waals surface area contributed by atoms with Gasteiger partial charge in [-0.15, -0.1) is 10.2 Å². The second-order valence-corrected chi connectivity index (χ2v) is 9.22. The summed E-state index contributed by atoms with van der Waals surface area (Å²) < 4.78 is 6.29. The van der Waals surface area contributed by atoms with Crippen molar-refractivity contribution in [3.63, 3.8) is 0 Å². The van der Waals surface area contributed by atoms with E-state index in [2.05, 4.69) is 26.1 Å². The summed E-state index contributed by atoms with van der Waals surface area (Å²) in [7, 11) is 0. The molecule has 0 radical (unpaired) electrons. The van der Waals surface area contributed by atoms with Gasteiger partial charge in [-0.25, -0.2) is 0 Å². The van der Waals surface area contributed by atoms with E-state index in [4.69, 9.17) is 4.74 Å². The highest BCUT2D eigenvalue weighted by Crippen LogP contribution is 2.26. The summed E-state index contributed by atoms with van der Waals surface area (Å²) in [6.45, 7) is 1.55.